The van der Waals surface area contributed by atoms with Crippen LogP contribution < -0.4 is 9.47 Å². The Morgan fingerprint density at radius 3 is 2.50 bits per heavy atom. The molecule has 2 heterocycles. The van der Waals surface area contributed by atoms with E-state index < -0.39 is 17.8 Å². The standard InChI is InChI=1S/C17H15F3N2O4/c18-17(19,20)12-4-5-15(21-11-12)25-13-2-1-3-14(10-13)26-16(23)22-6-8-24-9-7-22/h1-5,10-11H,6-9H2. The number of pyridine rings is 1. The molecule has 0 N–H and O–H groups in total. The first-order valence-electron chi connectivity index (χ1n) is 7.77. The summed E-state index contributed by atoms with van der Waals surface area (Å²) in [5.74, 6) is 0.532. The summed E-state index contributed by atoms with van der Waals surface area (Å²) >= 11 is 0. The molecular formula is C17H15F3N2O4. The van der Waals surface area contributed by atoms with Crippen molar-refractivity contribution in [2.75, 3.05) is 26.3 Å². The van der Waals surface area contributed by atoms with E-state index in [0.717, 1.165) is 12.1 Å². The average Bonchev–Trinajstić information content (AvgIpc) is 2.62. The normalized spacial score (nSPS) is 14.8. The third-order valence-corrected chi connectivity index (χ3v) is 3.57. The first-order chi connectivity index (χ1) is 12.4. The minimum absolute atomic E-state index is 0.00495. The molecular weight excluding hydrogens is 353 g/mol. The van der Waals surface area contributed by atoms with Gasteiger partial charge in [-0.1, -0.05) is 6.07 Å². The fraction of sp³-hybridized carbons (Fsp3) is 0.294. The number of halogens is 3. The summed E-state index contributed by atoms with van der Waals surface area (Å²) < 4.78 is 53.5. The van der Waals surface area contributed by atoms with Gasteiger partial charge >= 0.3 is 12.3 Å². The predicted octanol–water partition coefficient (Wildman–Crippen LogP) is 3.72. The Kier molecular flexibility index (Phi) is 5.27. The summed E-state index contributed by atoms with van der Waals surface area (Å²) in [4.78, 5) is 17.2. The SMILES string of the molecule is O=C(Oc1cccc(Oc2ccc(C(F)(F)F)cn2)c1)N1CCOCC1. The number of aromatic nitrogens is 1. The number of nitrogens with zero attached hydrogens (tertiary/aromatic N) is 2. The highest BCUT2D eigenvalue weighted by Crippen LogP contribution is 2.30. The fourth-order valence-corrected chi connectivity index (χ4v) is 2.24. The molecule has 26 heavy (non-hydrogen) atoms. The van der Waals surface area contributed by atoms with Crippen molar-refractivity contribution in [1.29, 1.82) is 0 Å². The molecule has 9 heteroatoms. The Morgan fingerprint density at radius 2 is 1.85 bits per heavy atom. The maximum Gasteiger partial charge on any atom is 0.417 e. The molecule has 1 aliphatic heterocycles. The number of amides is 1. The molecule has 1 amide bonds. The van der Waals surface area contributed by atoms with E-state index in [0.29, 0.717) is 32.5 Å². The van der Waals surface area contributed by atoms with E-state index >= 15 is 0 Å². The van der Waals surface area contributed by atoms with Crippen molar-refractivity contribution >= 4 is 6.09 Å². The second kappa shape index (κ2) is 7.61. The summed E-state index contributed by atoms with van der Waals surface area (Å²) in [5, 5.41) is 0. The maximum absolute atomic E-state index is 12.5. The van der Waals surface area contributed by atoms with Crippen molar-refractivity contribution in [2.45, 2.75) is 6.18 Å². The first-order valence-corrected chi connectivity index (χ1v) is 7.77. The van der Waals surface area contributed by atoms with Gasteiger partial charge in [0, 0.05) is 31.4 Å². The molecule has 1 aliphatic rings. The minimum atomic E-state index is -4.46. The third-order valence-electron chi connectivity index (χ3n) is 3.57. The van der Waals surface area contributed by atoms with Gasteiger partial charge in [-0.2, -0.15) is 13.2 Å². The highest BCUT2D eigenvalue weighted by Gasteiger charge is 2.30. The third kappa shape index (κ3) is 4.63. The van der Waals surface area contributed by atoms with Crippen LogP contribution in [0.2, 0.25) is 0 Å². The van der Waals surface area contributed by atoms with Crippen LogP contribution in [0.3, 0.4) is 0 Å². The lowest BCUT2D eigenvalue weighted by molar-refractivity contribution is -0.137. The van der Waals surface area contributed by atoms with Crippen molar-refractivity contribution in [1.82, 2.24) is 9.88 Å². The lowest BCUT2D eigenvalue weighted by atomic mass is 10.3. The van der Waals surface area contributed by atoms with Crippen LogP contribution in [0.5, 0.6) is 17.4 Å². The van der Waals surface area contributed by atoms with E-state index in [1.165, 1.54) is 11.0 Å². The summed E-state index contributed by atoms with van der Waals surface area (Å²) in [7, 11) is 0. The zero-order chi connectivity index (χ0) is 18.6. The number of alkyl halides is 3. The van der Waals surface area contributed by atoms with Gasteiger partial charge in [-0.3, -0.25) is 0 Å². The van der Waals surface area contributed by atoms with E-state index in [-0.39, 0.29) is 17.4 Å². The summed E-state index contributed by atoms with van der Waals surface area (Å²) in [5.41, 5.74) is -0.863. The van der Waals surface area contributed by atoms with Crippen LogP contribution in [0.15, 0.2) is 42.6 Å². The summed E-state index contributed by atoms with van der Waals surface area (Å²) in [6, 6.07) is 8.20. The highest BCUT2D eigenvalue weighted by atomic mass is 19.4. The van der Waals surface area contributed by atoms with Gasteiger partial charge in [-0.25, -0.2) is 9.78 Å². The number of morpholine rings is 1. The topological polar surface area (TPSA) is 60.9 Å². The Bertz CT molecular complexity index is 759. The zero-order valence-electron chi connectivity index (χ0n) is 13.5. The monoisotopic (exact) mass is 368 g/mol. The van der Waals surface area contributed by atoms with Gasteiger partial charge in [0.2, 0.25) is 5.88 Å². The van der Waals surface area contributed by atoms with Crippen molar-refractivity contribution < 1.29 is 32.2 Å². The van der Waals surface area contributed by atoms with Gasteiger partial charge in [0.1, 0.15) is 11.5 Å². The number of ether oxygens (including phenoxy) is 3. The zero-order valence-corrected chi connectivity index (χ0v) is 13.5. The number of rotatable bonds is 3. The molecule has 0 radical (unpaired) electrons. The molecule has 0 unspecified atom stereocenters. The molecule has 0 spiro atoms. The van der Waals surface area contributed by atoms with E-state index in [9.17, 15) is 18.0 Å². The van der Waals surface area contributed by atoms with Crippen LogP contribution in [-0.2, 0) is 10.9 Å². The first kappa shape index (κ1) is 18.0. The van der Waals surface area contributed by atoms with Gasteiger partial charge < -0.3 is 19.1 Å². The van der Waals surface area contributed by atoms with Gasteiger partial charge in [-0.05, 0) is 18.2 Å². The molecule has 0 saturated carbocycles. The Labute approximate surface area is 147 Å². The predicted molar refractivity (Wildman–Crippen MR) is 84.2 cm³/mol. The summed E-state index contributed by atoms with van der Waals surface area (Å²) in [6.45, 7) is 1.81. The van der Waals surface area contributed by atoms with Crippen molar-refractivity contribution in [3.8, 4) is 17.4 Å². The largest absolute Gasteiger partial charge is 0.439 e. The molecule has 3 rings (SSSR count). The number of carbonyl (C=O) groups excluding carboxylic acids is 1. The van der Waals surface area contributed by atoms with Crippen LogP contribution in [0.4, 0.5) is 18.0 Å². The Balaban J connectivity index is 1.64. The molecule has 1 fully saturated rings. The molecule has 1 saturated heterocycles. The Morgan fingerprint density at radius 1 is 1.12 bits per heavy atom. The van der Waals surface area contributed by atoms with Crippen LogP contribution in [-0.4, -0.2) is 42.3 Å². The fourth-order valence-electron chi connectivity index (χ4n) is 2.24. The number of hydrogen-bond donors (Lipinski definition) is 0. The van der Waals surface area contributed by atoms with E-state index in [1.54, 1.807) is 18.2 Å². The van der Waals surface area contributed by atoms with Crippen LogP contribution in [0.1, 0.15) is 5.56 Å². The van der Waals surface area contributed by atoms with Gasteiger partial charge in [-0.15, -0.1) is 0 Å². The second-order valence-corrected chi connectivity index (χ2v) is 5.43. The van der Waals surface area contributed by atoms with Gasteiger partial charge in [0.25, 0.3) is 0 Å². The van der Waals surface area contributed by atoms with Crippen molar-refractivity contribution in [2.24, 2.45) is 0 Å². The Hall–Kier alpha value is -2.81. The van der Waals surface area contributed by atoms with Crippen LogP contribution in [0, 0.1) is 0 Å². The highest BCUT2D eigenvalue weighted by molar-refractivity contribution is 5.71. The number of benzene rings is 1. The molecule has 0 atom stereocenters. The summed E-state index contributed by atoms with van der Waals surface area (Å²) in [6.07, 6.45) is -4.27. The average molecular weight is 368 g/mol. The molecule has 6 nitrogen and oxygen atoms in total. The van der Waals surface area contributed by atoms with Crippen LogP contribution in [0.25, 0.3) is 0 Å². The smallest absolute Gasteiger partial charge is 0.417 e. The number of carbonyl (C=O) groups is 1. The van der Waals surface area contributed by atoms with E-state index in [2.05, 4.69) is 4.98 Å². The minimum Gasteiger partial charge on any atom is -0.439 e. The van der Waals surface area contributed by atoms with Gasteiger partial charge in [0.05, 0.1) is 18.8 Å². The number of hydrogen-bond acceptors (Lipinski definition) is 5. The van der Waals surface area contributed by atoms with Crippen molar-refractivity contribution in [3.63, 3.8) is 0 Å². The second-order valence-electron chi connectivity index (χ2n) is 5.43. The lowest BCUT2D eigenvalue weighted by Gasteiger charge is -2.25. The molecule has 1 aromatic carbocycles. The lowest BCUT2D eigenvalue weighted by Crippen LogP contribution is -2.42. The van der Waals surface area contributed by atoms with E-state index in [1.807, 2.05) is 0 Å². The molecule has 0 aliphatic carbocycles. The van der Waals surface area contributed by atoms with Gasteiger partial charge in [0.15, 0.2) is 0 Å². The molecule has 2 aromatic rings. The quantitative estimate of drug-likeness (QED) is 0.826. The molecule has 0 bridgehead atoms. The molecule has 1 aromatic heterocycles. The van der Waals surface area contributed by atoms with Crippen molar-refractivity contribution in [3.05, 3.63) is 48.2 Å². The maximum atomic E-state index is 12.5. The molecule has 138 valence electrons. The van der Waals surface area contributed by atoms with Crippen LogP contribution >= 0.6 is 0 Å². The van der Waals surface area contributed by atoms with E-state index in [4.69, 9.17) is 14.2 Å².